The zero-order valence-electron chi connectivity index (χ0n) is 12.9. The first-order chi connectivity index (χ1) is 9.48. The van der Waals surface area contributed by atoms with Crippen molar-refractivity contribution in [3.05, 3.63) is 29.9 Å². The molecule has 2 heterocycles. The normalized spacial score (nSPS) is 12.0. The number of aryl methyl sites for hydroxylation is 2. The highest BCUT2D eigenvalue weighted by Crippen LogP contribution is 2.25. The Bertz CT molecular complexity index is 542. The van der Waals surface area contributed by atoms with Gasteiger partial charge >= 0.3 is 0 Å². The van der Waals surface area contributed by atoms with Crippen molar-refractivity contribution in [1.82, 2.24) is 19.7 Å². The van der Waals surface area contributed by atoms with E-state index in [0.717, 1.165) is 25.1 Å². The third kappa shape index (κ3) is 4.18. The summed E-state index contributed by atoms with van der Waals surface area (Å²) < 4.78 is 7.38. The summed E-state index contributed by atoms with van der Waals surface area (Å²) in [6.45, 7) is 9.50. The zero-order valence-corrected chi connectivity index (χ0v) is 12.9. The third-order valence-electron chi connectivity index (χ3n) is 3.32. The van der Waals surface area contributed by atoms with Gasteiger partial charge in [0.25, 0.3) is 0 Å². The van der Waals surface area contributed by atoms with Gasteiger partial charge in [0.15, 0.2) is 5.82 Å². The van der Waals surface area contributed by atoms with Gasteiger partial charge in [0.2, 0.25) is 5.89 Å². The number of aromatic nitrogens is 4. The van der Waals surface area contributed by atoms with E-state index in [1.54, 1.807) is 0 Å². The van der Waals surface area contributed by atoms with Crippen LogP contribution < -0.4 is 0 Å². The second kappa shape index (κ2) is 6.20. The highest BCUT2D eigenvalue weighted by atomic mass is 16.5. The standard InChI is InChI=1S/C15H24N4O/c1-5-6-7-19-10-13(16-11-19)8-15(3,4)9-14-17-12(2)18-20-14/h10-11H,5-9H2,1-4H3. The minimum Gasteiger partial charge on any atom is -0.339 e. The van der Waals surface area contributed by atoms with Crippen molar-refractivity contribution in [2.75, 3.05) is 0 Å². The van der Waals surface area contributed by atoms with Crippen LogP contribution in [0.25, 0.3) is 0 Å². The molecule has 0 unspecified atom stereocenters. The van der Waals surface area contributed by atoms with E-state index in [2.05, 4.69) is 46.7 Å². The minimum absolute atomic E-state index is 0.0584. The average molecular weight is 276 g/mol. The summed E-state index contributed by atoms with van der Waals surface area (Å²) in [5.74, 6) is 1.40. The van der Waals surface area contributed by atoms with Crippen LogP contribution >= 0.6 is 0 Å². The number of imidazole rings is 1. The summed E-state index contributed by atoms with van der Waals surface area (Å²) in [5.41, 5.74) is 1.19. The van der Waals surface area contributed by atoms with Gasteiger partial charge in [-0.05, 0) is 25.2 Å². The van der Waals surface area contributed by atoms with Crippen LogP contribution in [0.4, 0.5) is 0 Å². The predicted molar refractivity (Wildman–Crippen MR) is 77.4 cm³/mol. The van der Waals surface area contributed by atoms with Crippen molar-refractivity contribution in [3.8, 4) is 0 Å². The molecule has 0 amide bonds. The van der Waals surface area contributed by atoms with Crippen LogP contribution in [0, 0.1) is 12.3 Å². The molecule has 20 heavy (non-hydrogen) atoms. The molecule has 0 spiro atoms. The molecule has 0 N–H and O–H groups in total. The van der Waals surface area contributed by atoms with E-state index in [4.69, 9.17) is 4.52 Å². The number of hydrogen-bond acceptors (Lipinski definition) is 4. The quantitative estimate of drug-likeness (QED) is 0.779. The highest BCUT2D eigenvalue weighted by molar-refractivity contribution is 5.02. The predicted octanol–water partition coefficient (Wildman–Crippen LogP) is 3.19. The van der Waals surface area contributed by atoms with Crippen molar-refractivity contribution in [3.63, 3.8) is 0 Å². The monoisotopic (exact) mass is 276 g/mol. The number of rotatable bonds is 7. The first-order valence-electron chi connectivity index (χ1n) is 7.28. The lowest BCUT2D eigenvalue weighted by atomic mass is 9.84. The molecule has 0 aliphatic carbocycles. The maximum Gasteiger partial charge on any atom is 0.227 e. The fourth-order valence-electron chi connectivity index (χ4n) is 2.33. The molecule has 0 saturated carbocycles. The van der Waals surface area contributed by atoms with Crippen molar-refractivity contribution in [2.24, 2.45) is 5.41 Å². The molecule has 0 fully saturated rings. The fourth-order valence-corrected chi connectivity index (χ4v) is 2.33. The molecule has 2 aromatic rings. The van der Waals surface area contributed by atoms with Crippen LogP contribution in [0.3, 0.4) is 0 Å². The number of hydrogen-bond donors (Lipinski definition) is 0. The van der Waals surface area contributed by atoms with Gasteiger partial charge in [-0.25, -0.2) is 4.98 Å². The van der Waals surface area contributed by atoms with Crippen LogP contribution in [0.2, 0.25) is 0 Å². The molecule has 2 rings (SSSR count). The Morgan fingerprint density at radius 2 is 2.10 bits per heavy atom. The van der Waals surface area contributed by atoms with Gasteiger partial charge < -0.3 is 9.09 Å². The topological polar surface area (TPSA) is 56.7 Å². The van der Waals surface area contributed by atoms with Gasteiger partial charge in [-0.2, -0.15) is 4.98 Å². The van der Waals surface area contributed by atoms with Crippen molar-refractivity contribution >= 4 is 0 Å². The summed E-state index contributed by atoms with van der Waals surface area (Å²) in [6, 6.07) is 0. The van der Waals surface area contributed by atoms with Crippen molar-refractivity contribution < 1.29 is 4.52 Å². The molecule has 110 valence electrons. The Morgan fingerprint density at radius 3 is 2.75 bits per heavy atom. The van der Waals surface area contributed by atoms with E-state index in [1.807, 2.05) is 13.3 Å². The summed E-state index contributed by atoms with van der Waals surface area (Å²) in [5, 5.41) is 3.84. The Kier molecular flexibility index (Phi) is 4.57. The average Bonchev–Trinajstić information content (AvgIpc) is 2.95. The largest absolute Gasteiger partial charge is 0.339 e. The molecular formula is C15H24N4O. The van der Waals surface area contributed by atoms with E-state index in [0.29, 0.717) is 11.7 Å². The van der Waals surface area contributed by atoms with Gasteiger partial charge in [0.05, 0.1) is 12.0 Å². The maximum absolute atomic E-state index is 5.21. The van der Waals surface area contributed by atoms with Crippen LogP contribution in [0.1, 0.15) is 51.0 Å². The highest BCUT2D eigenvalue weighted by Gasteiger charge is 2.23. The fraction of sp³-hybridized carbons (Fsp3) is 0.667. The number of nitrogens with zero attached hydrogens (tertiary/aromatic N) is 4. The summed E-state index contributed by atoms with van der Waals surface area (Å²) >= 11 is 0. The van der Waals surface area contributed by atoms with Gasteiger partial charge in [-0.3, -0.25) is 0 Å². The smallest absolute Gasteiger partial charge is 0.227 e. The van der Waals surface area contributed by atoms with E-state index in [-0.39, 0.29) is 5.41 Å². The van der Waals surface area contributed by atoms with Crippen LogP contribution in [0.5, 0.6) is 0 Å². The van der Waals surface area contributed by atoms with E-state index in [1.165, 1.54) is 12.8 Å². The Labute approximate surface area is 120 Å². The molecule has 0 saturated heterocycles. The molecule has 0 radical (unpaired) electrons. The van der Waals surface area contributed by atoms with Crippen LogP contribution in [-0.2, 0) is 19.4 Å². The lowest BCUT2D eigenvalue weighted by Crippen LogP contribution is -2.19. The van der Waals surface area contributed by atoms with Crippen molar-refractivity contribution in [1.29, 1.82) is 0 Å². The SMILES string of the molecule is CCCCn1cnc(CC(C)(C)Cc2nc(C)no2)c1. The first kappa shape index (κ1) is 14.8. The second-order valence-electron chi connectivity index (χ2n) is 6.21. The molecule has 0 aliphatic rings. The molecule has 0 aromatic carbocycles. The lowest BCUT2D eigenvalue weighted by molar-refractivity contribution is 0.289. The van der Waals surface area contributed by atoms with Crippen LogP contribution in [0.15, 0.2) is 17.0 Å². The van der Waals surface area contributed by atoms with E-state index in [9.17, 15) is 0 Å². The molecule has 0 bridgehead atoms. The molecule has 5 heteroatoms. The summed E-state index contributed by atoms with van der Waals surface area (Å²) in [7, 11) is 0. The molecule has 0 aliphatic heterocycles. The Balaban J connectivity index is 1.95. The first-order valence-corrected chi connectivity index (χ1v) is 7.28. The van der Waals surface area contributed by atoms with Gasteiger partial charge in [0.1, 0.15) is 0 Å². The zero-order chi connectivity index (χ0) is 14.6. The maximum atomic E-state index is 5.21. The van der Waals surface area contributed by atoms with E-state index < -0.39 is 0 Å². The third-order valence-corrected chi connectivity index (χ3v) is 3.32. The molecule has 5 nitrogen and oxygen atoms in total. The van der Waals surface area contributed by atoms with Gasteiger partial charge in [-0.1, -0.05) is 32.3 Å². The molecule has 2 aromatic heterocycles. The number of unbranched alkanes of at least 4 members (excludes halogenated alkanes) is 1. The molecule has 0 atom stereocenters. The lowest BCUT2D eigenvalue weighted by Gasteiger charge is -2.21. The second-order valence-corrected chi connectivity index (χ2v) is 6.21. The van der Waals surface area contributed by atoms with Crippen molar-refractivity contribution in [2.45, 2.75) is 59.9 Å². The molecular weight excluding hydrogens is 252 g/mol. The summed E-state index contributed by atoms with van der Waals surface area (Å²) in [6.07, 6.45) is 8.16. The van der Waals surface area contributed by atoms with Gasteiger partial charge in [0, 0.05) is 19.2 Å². The Morgan fingerprint density at radius 1 is 1.30 bits per heavy atom. The summed E-state index contributed by atoms with van der Waals surface area (Å²) in [4.78, 5) is 8.78. The van der Waals surface area contributed by atoms with Gasteiger partial charge in [-0.15, -0.1) is 0 Å². The van der Waals surface area contributed by atoms with Crippen LogP contribution in [-0.4, -0.2) is 19.7 Å². The minimum atomic E-state index is 0.0584. The Hall–Kier alpha value is -1.65. The van der Waals surface area contributed by atoms with E-state index >= 15 is 0 Å².